The van der Waals surface area contributed by atoms with Crippen molar-refractivity contribution in [3.63, 3.8) is 0 Å². The summed E-state index contributed by atoms with van der Waals surface area (Å²) in [6, 6.07) is 1.76. The second kappa shape index (κ2) is 5.67. The van der Waals surface area contributed by atoms with Gasteiger partial charge in [-0.2, -0.15) is 4.31 Å². The first kappa shape index (κ1) is 14.0. The molecule has 0 radical (unpaired) electrons. The smallest absolute Gasteiger partial charge is 0.244 e. The molecule has 1 fully saturated rings. The third kappa shape index (κ3) is 2.75. The summed E-state index contributed by atoms with van der Waals surface area (Å²) in [6.07, 6.45) is 7.17. The fraction of sp³-hybridized carbons (Fsp3) is 0.583. The fourth-order valence-electron chi connectivity index (χ4n) is 2.49. The molecule has 1 aliphatic rings. The van der Waals surface area contributed by atoms with Gasteiger partial charge in [0, 0.05) is 29.5 Å². The minimum atomic E-state index is -3.42. The highest BCUT2D eigenvalue weighted by atomic mass is 79.9. The molecule has 100 valence electrons. The zero-order valence-electron chi connectivity index (χ0n) is 10.3. The molecule has 0 saturated heterocycles. The maximum absolute atomic E-state index is 12.6. The summed E-state index contributed by atoms with van der Waals surface area (Å²) in [5, 5.41) is 0. The van der Waals surface area contributed by atoms with Crippen LogP contribution in [0.25, 0.3) is 0 Å². The van der Waals surface area contributed by atoms with Crippen LogP contribution in [0.5, 0.6) is 0 Å². The number of rotatable bonds is 4. The summed E-state index contributed by atoms with van der Waals surface area (Å²) < 4.78 is 27.4. The van der Waals surface area contributed by atoms with E-state index < -0.39 is 10.0 Å². The summed E-state index contributed by atoms with van der Waals surface area (Å²) in [5.41, 5.74) is 0. The molecule has 0 N–H and O–H groups in total. The second-order valence-corrected chi connectivity index (χ2v) is 7.29. The molecule has 1 saturated carbocycles. The second-order valence-electron chi connectivity index (χ2n) is 4.49. The van der Waals surface area contributed by atoms with E-state index >= 15 is 0 Å². The van der Waals surface area contributed by atoms with Crippen molar-refractivity contribution in [1.82, 2.24) is 9.29 Å². The van der Waals surface area contributed by atoms with Gasteiger partial charge in [-0.15, -0.1) is 0 Å². The van der Waals surface area contributed by atoms with Crippen molar-refractivity contribution in [2.24, 2.45) is 0 Å². The fourth-order valence-corrected chi connectivity index (χ4v) is 4.69. The van der Waals surface area contributed by atoms with Gasteiger partial charge in [0.25, 0.3) is 0 Å². The maximum atomic E-state index is 12.6. The molecular weight excluding hydrogens is 316 g/mol. The highest BCUT2D eigenvalue weighted by molar-refractivity contribution is 9.10. The van der Waals surface area contributed by atoms with Crippen LogP contribution in [0.1, 0.15) is 32.6 Å². The molecule has 0 atom stereocenters. The molecule has 1 aromatic heterocycles. The number of aromatic nitrogens is 1. The molecule has 0 unspecified atom stereocenters. The van der Waals surface area contributed by atoms with Crippen LogP contribution in [-0.4, -0.2) is 30.3 Å². The Morgan fingerprint density at radius 1 is 1.39 bits per heavy atom. The van der Waals surface area contributed by atoms with E-state index in [0.717, 1.165) is 25.7 Å². The van der Waals surface area contributed by atoms with Gasteiger partial charge in [-0.1, -0.05) is 19.8 Å². The number of hydrogen-bond donors (Lipinski definition) is 0. The van der Waals surface area contributed by atoms with Crippen molar-refractivity contribution in [3.8, 4) is 0 Å². The zero-order valence-corrected chi connectivity index (χ0v) is 12.7. The Bertz CT molecular complexity index is 513. The Morgan fingerprint density at radius 3 is 2.61 bits per heavy atom. The van der Waals surface area contributed by atoms with Gasteiger partial charge in [0.15, 0.2) is 0 Å². The van der Waals surface area contributed by atoms with Crippen LogP contribution in [-0.2, 0) is 10.0 Å². The Hall–Kier alpha value is -0.460. The quantitative estimate of drug-likeness (QED) is 0.851. The monoisotopic (exact) mass is 332 g/mol. The lowest BCUT2D eigenvalue weighted by Crippen LogP contribution is -2.38. The van der Waals surface area contributed by atoms with E-state index in [-0.39, 0.29) is 10.9 Å². The number of sulfonamides is 1. The van der Waals surface area contributed by atoms with E-state index in [9.17, 15) is 8.42 Å². The van der Waals surface area contributed by atoms with Crippen LogP contribution < -0.4 is 0 Å². The standard InChI is InChI=1S/C12H17BrN2O2S/c1-2-15(11-5-3-4-6-11)18(16,17)12-7-10(13)8-14-9-12/h7-9,11H,2-6H2,1H3. The SMILES string of the molecule is CCN(C1CCCC1)S(=O)(=O)c1cncc(Br)c1. The van der Waals surface area contributed by atoms with Gasteiger partial charge in [0.2, 0.25) is 10.0 Å². The van der Waals surface area contributed by atoms with E-state index in [1.54, 1.807) is 16.6 Å². The minimum absolute atomic E-state index is 0.152. The van der Waals surface area contributed by atoms with Crippen molar-refractivity contribution >= 4 is 26.0 Å². The van der Waals surface area contributed by atoms with Gasteiger partial charge in [0.1, 0.15) is 4.90 Å². The summed E-state index contributed by atoms with van der Waals surface area (Å²) in [7, 11) is -3.42. The van der Waals surface area contributed by atoms with E-state index in [4.69, 9.17) is 0 Å². The molecule has 0 aliphatic heterocycles. The molecular formula is C12H17BrN2O2S. The highest BCUT2D eigenvalue weighted by Crippen LogP contribution is 2.28. The van der Waals surface area contributed by atoms with Crippen molar-refractivity contribution in [1.29, 1.82) is 0 Å². The number of hydrogen-bond acceptors (Lipinski definition) is 3. The summed E-state index contributed by atoms with van der Waals surface area (Å²) in [5.74, 6) is 0. The molecule has 2 rings (SSSR count). The Kier molecular flexibility index (Phi) is 4.40. The summed E-state index contributed by atoms with van der Waals surface area (Å²) in [6.45, 7) is 2.40. The molecule has 18 heavy (non-hydrogen) atoms. The van der Waals surface area contributed by atoms with Gasteiger partial charge in [-0.05, 0) is 34.8 Å². The zero-order chi connectivity index (χ0) is 13.2. The Balaban J connectivity index is 2.33. The summed E-state index contributed by atoms with van der Waals surface area (Å²) >= 11 is 3.26. The lowest BCUT2D eigenvalue weighted by atomic mass is 10.2. The Labute approximate surface area is 117 Å². The third-order valence-electron chi connectivity index (χ3n) is 3.33. The molecule has 1 heterocycles. The molecule has 0 bridgehead atoms. The minimum Gasteiger partial charge on any atom is -0.262 e. The van der Waals surface area contributed by atoms with Gasteiger partial charge in [0.05, 0.1) is 0 Å². The molecule has 0 spiro atoms. The number of nitrogens with zero attached hydrogens (tertiary/aromatic N) is 2. The molecule has 6 heteroatoms. The maximum Gasteiger partial charge on any atom is 0.244 e. The van der Waals surface area contributed by atoms with Crippen LogP contribution in [0.3, 0.4) is 0 Å². The first-order chi connectivity index (χ1) is 8.55. The predicted molar refractivity (Wildman–Crippen MR) is 73.8 cm³/mol. The lowest BCUT2D eigenvalue weighted by Gasteiger charge is -2.26. The van der Waals surface area contributed by atoms with E-state index in [1.165, 1.54) is 6.20 Å². The lowest BCUT2D eigenvalue weighted by molar-refractivity contribution is 0.335. The first-order valence-corrected chi connectivity index (χ1v) is 8.41. The van der Waals surface area contributed by atoms with Crippen molar-refractivity contribution in [2.75, 3.05) is 6.54 Å². The average Bonchev–Trinajstić information content (AvgIpc) is 2.83. The number of halogens is 1. The highest BCUT2D eigenvalue weighted by Gasteiger charge is 2.32. The van der Waals surface area contributed by atoms with E-state index in [2.05, 4.69) is 20.9 Å². The molecule has 0 amide bonds. The van der Waals surface area contributed by atoms with E-state index in [1.807, 2.05) is 6.92 Å². The van der Waals surface area contributed by atoms with Crippen molar-refractivity contribution < 1.29 is 8.42 Å². The Morgan fingerprint density at radius 2 is 2.06 bits per heavy atom. The van der Waals surface area contributed by atoms with Crippen LogP contribution in [0.15, 0.2) is 27.8 Å². The average molecular weight is 333 g/mol. The predicted octanol–water partition coefficient (Wildman–Crippen LogP) is 2.80. The van der Waals surface area contributed by atoms with Gasteiger partial charge in [-0.25, -0.2) is 8.42 Å². The van der Waals surface area contributed by atoms with Crippen molar-refractivity contribution in [2.45, 2.75) is 43.5 Å². The van der Waals surface area contributed by atoms with Crippen LogP contribution in [0.2, 0.25) is 0 Å². The summed E-state index contributed by atoms with van der Waals surface area (Å²) in [4.78, 5) is 4.21. The van der Waals surface area contributed by atoms with Crippen LogP contribution >= 0.6 is 15.9 Å². The first-order valence-electron chi connectivity index (χ1n) is 6.18. The van der Waals surface area contributed by atoms with Gasteiger partial charge >= 0.3 is 0 Å². The topological polar surface area (TPSA) is 50.3 Å². The normalized spacial score (nSPS) is 17.5. The third-order valence-corrected chi connectivity index (χ3v) is 5.76. The van der Waals surface area contributed by atoms with Gasteiger partial charge < -0.3 is 0 Å². The van der Waals surface area contributed by atoms with Crippen molar-refractivity contribution in [3.05, 3.63) is 22.9 Å². The van der Waals surface area contributed by atoms with E-state index in [0.29, 0.717) is 11.0 Å². The molecule has 1 aromatic rings. The largest absolute Gasteiger partial charge is 0.262 e. The molecule has 4 nitrogen and oxygen atoms in total. The van der Waals surface area contributed by atoms with Crippen LogP contribution in [0.4, 0.5) is 0 Å². The molecule has 1 aliphatic carbocycles. The number of pyridine rings is 1. The molecule has 0 aromatic carbocycles. The van der Waals surface area contributed by atoms with Gasteiger partial charge in [-0.3, -0.25) is 4.98 Å². The van der Waals surface area contributed by atoms with Crippen LogP contribution in [0, 0.1) is 0 Å².